The van der Waals surface area contributed by atoms with E-state index in [9.17, 15) is 8.42 Å². The van der Waals surface area contributed by atoms with Crippen molar-refractivity contribution in [3.8, 4) is 0 Å². The van der Waals surface area contributed by atoms with Gasteiger partial charge in [0, 0.05) is 25.4 Å². The smallest absolute Gasteiger partial charge is 0.260 e. The third kappa shape index (κ3) is 3.07. The van der Waals surface area contributed by atoms with E-state index in [1.54, 1.807) is 12.1 Å². The number of aliphatic hydroxyl groups is 1. The summed E-state index contributed by atoms with van der Waals surface area (Å²) in [5, 5.41) is 8.88. The summed E-state index contributed by atoms with van der Waals surface area (Å²) in [5.74, 6) is 0. The van der Waals surface area contributed by atoms with Crippen LogP contribution in [0.1, 0.15) is 25.7 Å². The van der Waals surface area contributed by atoms with Gasteiger partial charge in [-0.1, -0.05) is 6.07 Å². The molecule has 5 nitrogen and oxygen atoms in total. The first-order valence-electron chi connectivity index (χ1n) is 6.20. The maximum absolute atomic E-state index is 12.4. The molecule has 0 spiro atoms. The Labute approximate surface area is 108 Å². The molecule has 1 aliphatic carbocycles. The standard InChI is InChI=1S/C12H18N2O3S/c15-10-4-3-9-14(11-6-7-11)18(16,17)12-5-1-2-8-13-12/h1-2,5,8,11,15H,3-4,6-7,9-10H2. The Morgan fingerprint density at radius 3 is 2.67 bits per heavy atom. The summed E-state index contributed by atoms with van der Waals surface area (Å²) >= 11 is 0. The number of sulfonamides is 1. The van der Waals surface area contributed by atoms with Crippen LogP contribution in [0.5, 0.6) is 0 Å². The molecule has 0 unspecified atom stereocenters. The average molecular weight is 270 g/mol. The zero-order valence-corrected chi connectivity index (χ0v) is 11.0. The summed E-state index contributed by atoms with van der Waals surface area (Å²) < 4.78 is 26.4. The summed E-state index contributed by atoms with van der Waals surface area (Å²) in [5.41, 5.74) is 0. The fourth-order valence-electron chi connectivity index (χ4n) is 1.86. The molecule has 1 saturated carbocycles. The molecule has 1 N–H and O–H groups in total. The van der Waals surface area contributed by atoms with Gasteiger partial charge in [-0.2, -0.15) is 4.31 Å². The molecule has 1 aliphatic rings. The Bertz CT molecular complexity index is 471. The number of unbranched alkanes of at least 4 members (excludes halogenated alkanes) is 1. The van der Waals surface area contributed by atoms with Crippen molar-refractivity contribution in [2.24, 2.45) is 0 Å². The van der Waals surface area contributed by atoms with Crippen LogP contribution in [0.4, 0.5) is 0 Å². The van der Waals surface area contributed by atoms with Crippen LogP contribution in [0.25, 0.3) is 0 Å². The van der Waals surface area contributed by atoms with Crippen molar-refractivity contribution in [1.82, 2.24) is 9.29 Å². The predicted molar refractivity (Wildman–Crippen MR) is 67.5 cm³/mol. The van der Waals surface area contributed by atoms with E-state index in [-0.39, 0.29) is 17.7 Å². The van der Waals surface area contributed by atoms with E-state index in [2.05, 4.69) is 4.98 Å². The monoisotopic (exact) mass is 270 g/mol. The second-order valence-corrected chi connectivity index (χ2v) is 6.28. The van der Waals surface area contributed by atoms with Gasteiger partial charge in [-0.05, 0) is 37.8 Å². The molecule has 0 bridgehead atoms. The molecular formula is C12H18N2O3S. The number of aliphatic hydroxyl groups excluding tert-OH is 1. The molecule has 0 amide bonds. The number of nitrogens with zero attached hydrogens (tertiary/aromatic N) is 2. The largest absolute Gasteiger partial charge is 0.396 e. The molecule has 0 radical (unpaired) electrons. The summed E-state index contributed by atoms with van der Waals surface area (Å²) in [6.07, 6.45) is 4.64. The molecule has 1 fully saturated rings. The Morgan fingerprint density at radius 1 is 1.33 bits per heavy atom. The highest BCUT2D eigenvalue weighted by molar-refractivity contribution is 7.89. The molecular weight excluding hydrogens is 252 g/mol. The molecule has 1 heterocycles. The van der Waals surface area contributed by atoms with Crippen LogP contribution in [0, 0.1) is 0 Å². The highest BCUT2D eigenvalue weighted by Gasteiger charge is 2.38. The lowest BCUT2D eigenvalue weighted by Crippen LogP contribution is -2.34. The lowest BCUT2D eigenvalue weighted by molar-refractivity contribution is 0.275. The van der Waals surface area contributed by atoms with E-state index >= 15 is 0 Å². The van der Waals surface area contributed by atoms with Crippen molar-refractivity contribution in [2.75, 3.05) is 13.2 Å². The molecule has 0 atom stereocenters. The van der Waals surface area contributed by atoms with Crippen molar-refractivity contribution >= 4 is 10.0 Å². The van der Waals surface area contributed by atoms with Gasteiger partial charge in [-0.25, -0.2) is 13.4 Å². The van der Waals surface area contributed by atoms with Crippen molar-refractivity contribution in [1.29, 1.82) is 0 Å². The first kappa shape index (κ1) is 13.5. The topological polar surface area (TPSA) is 70.5 Å². The van der Waals surface area contributed by atoms with Crippen molar-refractivity contribution in [2.45, 2.75) is 36.8 Å². The van der Waals surface area contributed by atoms with Gasteiger partial charge >= 0.3 is 0 Å². The lowest BCUT2D eigenvalue weighted by atomic mass is 10.3. The Kier molecular flexibility index (Phi) is 4.31. The maximum Gasteiger partial charge on any atom is 0.260 e. The molecule has 100 valence electrons. The number of rotatable bonds is 7. The first-order chi connectivity index (χ1) is 8.66. The molecule has 18 heavy (non-hydrogen) atoms. The quantitative estimate of drug-likeness (QED) is 0.751. The van der Waals surface area contributed by atoms with E-state index in [1.807, 2.05) is 0 Å². The fraction of sp³-hybridized carbons (Fsp3) is 0.583. The van der Waals surface area contributed by atoms with E-state index in [1.165, 1.54) is 16.6 Å². The number of hydrogen-bond donors (Lipinski definition) is 1. The third-order valence-electron chi connectivity index (χ3n) is 2.95. The maximum atomic E-state index is 12.4. The van der Waals surface area contributed by atoms with Gasteiger partial charge in [0.1, 0.15) is 0 Å². The van der Waals surface area contributed by atoms with Crippen LogP contribution >= 0.6 is 0 Å². The lowest BCUT2D eigenvalue weighted by Gasteiger charge is -2.21. The van der Waals surface area contributed by atoms with E-state index in [0.29, 0.717) is 19.4 Å². The van der Waals surface area contributed by atoms with Crippen LogP contribution < -0.4 is 0 Å². The normalized spacial score (nSPS) is 16.1. The number of hydrogen-bond acceptors (Lipinski definition) is 4. The zero-order chi connectivity index (χ0) is 13.0. The second kappa shape index (κ2) is 5.77. The minimum atomic E-state index is -3.48. The highest BCUT2D eigenvalue weighted by atomic mass is 32.2. The summed E-state index contributed by atoms with van der Waals surface area (Å²) in [6.45, 7) is 0.562. The van der Waals surface area contributed by atoms with E-state index in [0.717, 1.165) is 12.8 Å². The minimum absolute atomic E-state index is 0.0993. The van der Waals surface area contributed by atoms with Crippen LogP contribution in [-0.2, 0) is 10.0 Å². The molecule has 2 rings (SSSR count). The van der Waals surface area contributed by atoms with Gasteiger partial charge in [0.2, 0.25) is 0 Å². The molecule has 0 saturated heterocycles. The second-order valence-electron chi connectivity index (χ2n) is 4.45. The van der Waals surface area contributed by atoms with Gasteiger partial charge in [-0.3, -0.25) is 0 Å². The van der Waals surface area contributed by atoms with Gasteiger partial charge < -0.3 is 5.11 Å². The summed E-state index contributed by atoms with van der Waals surface area (Å²) in [4.78, 5) is 3.93. The van der Waals surface area contributed by atoms with Gasteiger partial charge in [0.05, 0.1) is 0 Å². The Hall–Kier alpha value is -0.980. The zero-order valence-electron chi connectivity index (χ0n) is 10.2. The van der Waals surface area contributed by atoms with Crippen LogP contribution in [-0.4, -0.2) is 42.0 Å². The molecule has 1 aromatic heterocycles. The van der Waals surface area contributed by atoms with E-state index < -0.39 is 10.0 Å². The van der Waals surface area contributed by atoms with Crippen molar-refractivity contribution < 1.29 is 13.5 Å². The average Bonchev–Trinajstić information content (AvgIpc) is 3.20. The molecule has 6 heteroatoms. The van der Waals surface area contributed by atoms with Crippen molar-refractivity contribution in [3.63, 3.8) is 0 Å². The Balaban J connectivity index is 2.14. The van der Waals surface area contributed by atoms with Gasteiger partial charge in [0.25, 0.3) is 10.0 Å². The third-order valence-corrected chi connectivity index (χ3v) is 4.82. The van der Waals surface area contributed by atoms with Crippen molar-refractivity contribution in [3.05, 3.63) is 24.4 Å². The highest BCUT2D eigenvalue weighted by Crippen LogP contribution is 2.31. The molecule has 0 aromatic carbocycles. The fourth-order valence-corrected chi connectivity index (χ4v) is 3.52. The molecule has 1 aromatic rings. The van der Waals surface area contributed by atoms with Crippen LogP contribution in [0.2, 0.25) is 0 Å². The van der Waals surface area contributed by atoms with E-state index in [4.69, 9.17) is 5.11 Å². The first-order valence-corrected chi connectivity index (χ1v) is 7.64. The summed E-state index contributed by atoms with van der Waals surface area (Å²) in [7, 11) is -3.48. The number of pyridine rings is 1. The Morgan fingerprint density at radius 2 is 2.11 bits per heavy atom. The number of aromatic nitrogens is 1. The van der Waals surface area contributed by atoms with Crippen LogP contribution in [0.15, 0.2) is 29.4 Å². The minimum Gasteiger partial charge on any atom is -0.396 e. The van der Waals surface area contributed by atoms with Crippen LogP contribution in [0.3, 0.4) is 0 Å². The summed E-state index contributed by atoms with van der Waals surface area (Å²) in [6, 6.07) is 5.03. The molecule has 0 aliphatic heterocycles. The van der Waals surface area contributed by atoms with Gasteiger partial charge in [0.15, 0.2) is 5.03 Å². The van der Waals surface area contributed by atoms with Gasteiger partial charge in [-0.15, -0.1) is 0 Å². The predicted octanol–water partition coefficient (Wildman–Crippen LogP) is 1.01. The SMILES string of the molecule is O=S(=O)(c1ccccn1)N(CCCCO)C1CC1.